The SMILES string of the molecule is C=CCCOC(C)C(=O)c1ccc(Cl)cc1Cl. The molecule has 1 aromatic carbocycles. The number of carbonyl (C=O) groups excluding carboxylic acids is 1. The van der Waals surface area contributed by atoms with Crippen LogP contribution in [-0.2, 0) is 4.74 Å². The Morgan fingerprint density at radius 3 is 2.82 bits per heavy atom. The fraction of sp³-hybridized carbons (Fsp3) is 0.308. The Labute approximate surface area is 111 Å². The first kappa shape index (κ1) is 14.2. The predicted molar refractivity (Wildman–Crippen MR) is 71.0 cm³/mol. The standard InChI is InChI=1S/C13H14Cl2O2/c1-3-4-7-17-9(2)13(16)11-6-5-10(14)8-12(11)15/h3,5-6,8-9H,1,4,7H2,2H3. The molecule has 1 atom stereocenters. The van der Waals surface area contributed by atoms with Gasteiger partial charge < -0.3 is 4.74 Å². The summed E-state index contributed by atoms with van der Waals surface area (Å²) in [6.07, 6.45) is 1.94. The van der Waals surface area contributed by atoms with Gasteiger partial charge in [-0.1, -0.05) is 29.3 Å². The van der Waals surface area contributed by atoms with Gasteiger partial charge in [0.2, 0.25) is 0 Å². The van der Waals surface area contributed by atoms with Crippen LogP contribution < -0.4 is 0 Å². The van der Waals surface area contributed by atoms with Gasteiger partial charge in [-0.05, 0) is 31.5 Å². The van der Waals surface area contributed by atoms with Crippen LogP contribution in [0.25, 0.3) is 0 Å². The number of carbonyl (C=O) groups is 1. The predicted octanol–water partition coefficient (Wildman–Crippen LogP) is 4.16. The molecule has 0 aliphatic rings. The maximum atomic E-state index is 12.0. The van der Waals surface area contributed by atoms with E-state index >= 15 is 0 Å². The quantitative estimate of drug-likeness (QED) is 0.442. The molecule has 0 aliphatic heterocycles. The van der Waals surface area contributed by atoms with E-state index in [1.807, 2.05) is 0 Å². The Kier molecular flexibility index (Phi) is 5.69. The van der Waals surface area contributed by atoms with Gasteiger partial charge >= 0.3 is 0 Å². The summed E-state index contributed by atoms with van der Waals surface area (Å²) in [5, 5.41) is 0.855. The molecule has 1 rings (SSSR count). The maximum absolute atomic E-state index is 12.0. The minimum absolute atomic E-state index is 0.143. The van der Waals surface area contributed by atoms with Gasteiger partial charge in [-0.3, -0.25) is 4.79 Å². The molecule has 0 fully saturated rings. The summed E-state index contributed by atoms with van der Waals surface area (Å²) in [6, 6.07) is 4.80. The number of rotatable bonds is 6. The Bertz CT molecular complexity index is 416. The lowest BCUT2D eigenvalue weighted by Gasteiger charge is -2.12. The normalized spacial score (nSPS) is 12.2. The fourth-order valence-electron chi connectivity index (χ4n) is 1.31. The first-order valence-electron chi connectivity index (χ1n) is 5.28. The van der Waals surface area contributed by atoms with Crippen molar-refractivity contribution in [2.45, 2.75) is 19.4 Å². The summed E-state index contributed by atoms with van der Waals surface area (Å²) in [5.41, 5.74) is 0.433. The van der Waals surface area contributed by atoms with Crippen LogP contribution in [0.1, 0.15) is 23.7 Å². The molecular weight excluding hydrogens is 259 g/mol. The summed E-state index contributed by atoms with van der Waals surface area (Å²) in [7, 11) is 0. The third-order valence-electron chi connectivity index (χ3n) is 2.26. The number of hydrogen-bond acceptors (Lipinski definition) is 2. The minimum Gasteiger partial charge on any atom is -0.370 e. The highest BCUT2D eigenvalue weighted by atomic mass is 35.5. The molecule has 0 N–H and O–H groups in total. The first-order chi connectivity index (χ1) is 8.06. The van der Waals surface area contributed by atoms with E-state index in [1.165, 1.54) is 0 Å². The second kappa shape index (κ2) is 6.80. The molecule has 0 saturated heterocycles. The van der Waals surface area contributed by atoms with Crippen LogP contribution in [0, 0.1) is 0 Å². The highest BCUT2D eigenvalue weighted by Crippen LogP contribution is 2.22. The highest BCUT2D eigenvalue weighted by Gasteiger charge is 2.18. The molecule has 2 nitrogen and oxygen atoms in total. The van der Waals surface area contributed by atoms with Gasteiger partial charge in [0.25, 0.3) is 0 Å². The lowest BCUT2D eigenvalue weighted by atomic mass is 10.1. The molecule has 0 heterocycles. The van der Waals surface area contributed by atoms with Crippen LogP contribution in [-0.4, -0.2) is 18.5 Å². The third kappa shape index (κ3) is 4.15. The van der Waals surface area contributed by atoms with Crippen molar-refractivity contribution >= 4 is 29.0 Å². The van der Waals surface area contributed by atoms with Crippen molar-refractivity contribution in [2.75, 3.05) is 6.61 Å². The summed E-state index contributed by atoms with van der Waals surface area (Å²) >= 11 is 11.7. The Balaban J connectivity index is 2.71. The van der Waals surface area contributed by atoms with Crippen molar-refractivity contribution < 1.29 is 9.53 Å². The van der Waals surface area contributed by atoms with Gasteiger partial charge in [0.15, 0.2) is 5.78 Å². The molecule has 0 radical (unpaired) electrons. The van der Waals surface area contributed by atoms with Gasteiger partial charge in [-0.15, -0.1) is 6.58 Å². The lowest BCUT2D eigenvalue weighted by molar-refractivity contribution is 0.0492. The third-order valence-corrected chi connectivity index (χ3v) is 2.80. The van der Waals surface area contributed by atoms with E-state index in [1.54, 1.807) is 31.2 Å². The molecule has 92 valence electrons. The van der Waals surface area contributed by atoms with Crippen molar-refractivity contribution in [2.24, 2.45) is 0 Å². The van der Waals surface area contributed by atoms with Crippen molar-refractivity contribution in [3.63, 3.8) is 0 Å². The van der Waals surface area contributed by atoms with E-state index in [9.17, 15) is 4.79 Å². The molecule has 0 aliphatic carbocycles. The number of ketones is 1. The van der Waals surface area contributed by atoms with Crippen LogP contribution in [0.15, 0.2) is 30.9 Å². The van der Waals surface area contributed by atoms with Gasteiger partial charge in [0.05, 0.1) is 11.6 Å². The molecule has 0 spiro atoms. The number of halogens is 2. The Morgan fingerprint density at radius 1 is 1.53 bits per heavy atom. The second-order valence-corrected chi connectivity index (χ2v) is 4.42. The van der Waals surface area contributed by atoms with E-state index in [2.05, 4.69) is 6.58 Å². The zero-order valence-corrected chi connectivity index (χ0v) is 11.1. The first-order valence-corrected chi connectivity index (χ1v) is 6.03. The number of Topliss-reactive ketones (excluding diaryl/α,β-unsaturated/α-hetero) is 1. The minimum atomic E-state index is -0.520. The Hall–Kier alpha value is -0.830. The average molecular weight is 273 g/mol. The van der Waals surface area contributed by atoms with Crippen molar-refractivity contribution in [1.29, 1.82) is 0 Å². The molecular formula is C13H14Cl2O2. The van der Waals surface area contributed by atoms with E-state index < -0.39 is 6.10 Å². The summed E-state index contributed by atoms with van der Waals surface area (Å²) < 4.78 is 5.37. The summed E-state index contributed by atoms with van der Waals surface area (Å²) in [4.78, 5) is 12.0. The number of hydrogen-bond donors (Lipinski definition) is 0. The smallest absolute Gasteiger partial charge is 0.192 e. The van der Waals surface area contributed by atoms with Crippen LogP contribution in [0.4, 0.5) is 0 Å². The van der Waals surface area contributed by atoms with Crippen LogP contribution in [0.5, 0.6) is 0 Å². The monoisotopic (exact) mass is 272 g/mol. The molecule has 0 saturated carbocycles. The number of benzene rings is 1. The van der Waals surface area contributed by atoms with E-state index in [-0.39, 0.29) is 5.78 Å². The second-order valence-electron chi connectivity index (χ2n) is 3.58. The zero-order valence-electron chi connectivity index (χ0n) is 9.58. The maximum Gasteiger partial charge on any atom is 0.192 e. The van der Waals surface area contributed by atoms with Gasteiger partial charge in [0.1, 0.15) is 6.10 Å². The Morgan fingerprint density at radius 2 is 2.24 bits per heavy atom. The molecule has 4 heteroatoms. The highest BCUT2D eigenvalue weighted by molar-refractivity contribution is 6.37. The molecule has 1 aromatic rings. The van der Waals surface area contributed by atoms with E-state index in [4.69, 9.17) is 27.9 Å². The largest absolute Gasteiger partial charge is 0.370 e. The molecule has 0 aromatic heterocycles. The van der Waals surface area contributed by atoms with E-state index in [0.717, 1.165) is 0 Å². The molecule has 0 bridgehead atoms. The topological polar surface area (TPSA) is 26.3 Å². The molecule has 0 amide bonds. The van der Waals surface area contributed by atoms with Crippen LogP contribution >= 0.6 is 23.2 Å². The van der Waals surface area contributed by atoms with Crippen LogP contribution in [0.2, 0.25) is 10.0 Å². The van der Waals surface area contributed by atoms with Gasteiger partial charge in [-0.2, -0.15) is 0 Å². The average Bonchev–Trinajstić information content (AvgIpc) is 2.28. The van der Waals surface area contributed by atoms with Crippen molar-refractivity contribution in [3.8, 4) is 0 Å². The molecule has 17 heavy (non-hydrogen) atoms. The lowest BCUT2D eigenvalue weighted by Crippen LogP contribution is -2.21. The van der Waals surface area contributed by atoms with E-state index in [0.29, 0.717) is 28.6 Å². The fourth-order valence-corrected chi connectivity index (χ4v) is 1.81. The van der Waals surface area contributed by atoms with Crippen molar-refractivity contribution in [3.05, 3.63) is 46.5 Å². The molecule has 1 unspecified atom stereocenters. The van der Waals surface area contributed by atoms with Crippen molar-refractivity contribution in [1.82, 2.24) is 0 Å². The number of ether oxygens (including phenoxy) is 1. The van der Waals surface area contributed by atoms with Crippen LogP contribution in [0.3, 0.4) is 0 Å². The van der Waals surface area contributed by atoms with Gasteiger partial charge in [-0.25, -0.2) is 0 Å². The zero-order chi connectivity index (χ0) is 12.8. The summed E-state index contributed by atoms with van der Waals surface area (Å²) in [5.74, 6) is -0.143. The van der Waals surface area contributed by atoms with Gasteiger partial charge in [0, 0.05) is 10.6 Å². The summed E-state index contributed by atoms with van der Waals surface area (Å²) in [6.45, 7) is 5.76.